The monoisotopic (exact) mass is 482 g/mol. The van der Waals surface area contributed by atoms with E-state index in [1.54, 1.807) is 10.4 Å². The summed E-state index contributed by atoms with van der Waals surface area (Å²) in [5.41, 5.74) is 4.58. The molecule has 2 aliphatic heterocycles. The third-order valence-electron chi connectivity index (χ3n) is 6.80. The second-order valence-corrected chi connectivity index (χ2v) is 10.9. The SMILES string of the molecule is Cl.O=S(=O)(c1ccccc1-c1ccccc1)N1CCCC(CN2CCc3ccccc3C2)C1. The first-order chi connectivity index (χ1) is 15.6. The lowest BCUT2D eigenvalue weighted by Crippen LogP contribution is -2.44. The number of sulfonamides is 1. The molecule has 3 aromatic carbocycles. The van der Waals surface area contributed by atoms with Crippen molar-refractivity contribution in [3.8, 4) is 11.1 Å². The molecule has 1 atom stereocenters. The summed E-state index contributed by atoms with van der Waals surface area (Å²) >= 11 is 0. The van der Waals surface area contributed by atoms with E-state index in [9.17, 15) is 8.42 Å². The summed E-state index contributed by atoms with van der Waals surface area (Å²) in [7, 11) is -3.55. The van der Waals surface area contributed by atoms with E-state index in [4.69, 9.17) is 0 Å². The molecule has 1 unspecified atom stereocenters. The Morgan fingerprint density at radius 1 is 0.818 bits per heavy atom. The van der Waals surface area contributed by atoms with Crippen molar-refractivity contribution >= 4 is 22.4 Å². The maximum atomic E-state index is 13.7. The summed E-state index contributed by atoms with van der Waals surface area (Å²) in [6.07, 6.45) is 3.09. The third kappa shape index (κ3) is 5.17. The zero-order chi connectivity index (χ0) is 22.0. The number of hydrogen-bond acceptors (Lipinski definition) is 3. The van der Waals surface area contributed by atoms with Gasteiger partial charge in [-0.1, -0.05) is 72.8 Å². The molecular weight excluding hydrogens is 452 g/mol. The second kappa shape index (κ2) is 10.4. The van der Waals surface area contributed by atoms with E-state index < -0.39 is 10.0 Å². The van der Waals surface area contributed by atoms with Gasteiger partial charge in [0.05, 0.1) is 4.90 Å². The molecule has 0 spiro atoms. The average molecular weight is 483 g/mol. The number of hydrogen-bond donors (Lipinski definition) is 0. The molecule has 2 heterocycles. The van der Waals surface area contributed by atoms with Gasteiger partial charge in [-0.2, -0.15) is 4.31 Å². The smallest absolute Gasteiger partial charge is 0.243 e. The molecule has 2 aliphatic rings. The Morgan fingerprint density at radius 3 is 2.33 bits per heavy atom. The molecule has 1 fully saturated rings. The predicted molar refractivity (Wildman–Crippen MR) is 136 cm³/mol. The topological polar surface area (TPSA) is 40.6 Å². The van der Waals surface area contributed by atoms with Gasteiger partial charge in [-0.05, 0) is 47.9 Å². The van der Waals surface area contributed by atoms with E-state index in [2.05, 4.69) is 29.2 Å². The summed E-state index contributed by atoms with van der Waals surface area (Å²) < 4.78 is 29.1. The van der Waals surface area contributed by atoms with Crippen LogP contribution in [0.1, 0.15) is 24.0 Å². The van der Waals surface area contributed by atoms with Crippen LogP contribution in [0.25, 0.3) is 11.1 Å². The summed E-state index contributed by atoms with van der Waals surface area (Å²) in [6.45, 7) is 4.18. The first-order valence-electron chi connectivity index (χ1n) is 11.5. The first-order valence-corrected chi connectivity index (χ1v) is 13.0. The fourth-order valence-electron chi connectivity index (χ4n) is 5.16. The lowest BCUT2D eigenvalue weighted by atomic mass is 9.95. The van der Waals surface area contributed by atoms with Gasteiger partial charge < -0.3 is 0 Å². The first kappa shape index (κ1) is 24.0. The normalized spacial score (nSPS) is 19.5. The van der Waals surface area contributed by atoms with Crippen LogP contribution in [0.15, 0.2) is 83.8 Å². The molecule has 0 amide bonds. The van der Waals surface area contributed by atoms with Gasteiger partial charge in [0.25, 0.3) is 0 Å². The van der Waals surface area contributed by atoms with Crippen LogP contribution in [-0.4, -0.2) is 43.8 Å². The third-order valence-corrected chi connectivity index (χ3v) is 8.72. The molecule has 1 saturated heterocycles. The maximum absolute atomic E-state index is 13.7. The molecule has 0 saturated carbocycles. The highest BCUT2D eigenvalue weighted by Crippen LogP contribution is 2.32. The van der Waals surface area contributed by atoms with Crippen molar-refractivity contribution in [2.24, 2.45) is 5.92 Å². The molecule has 174 valence electrons. The van der Waals surface area contributed by atoms with Crippen LogP contribution in [0.3, 0.4) is 0 Å². The molecule has 4 nitrogen and oxygen atoms in total. The van der Waals surface area contributed by atoms with Crippen LogP contribution in [0.2, 0.25) is 0 Å². The number of halogens is 1. The molecule has 0 N–H and O–H groups in total. The highest BCUT2D eigenvalue weighted by Gasteiger charge is 2.33. The van der Waals surface area contributed by atoms with Crippen molar-refractivity contribution in [1.29, 1.82) is 0 Å². The Bertz CT molecular complexity index is 1180. The second-order valence-electron chi connectivity index (χ2n) is 8.99. The highest BCUT2D eigenvalue weighted by atomic mass is 35.5. The van der Waals surface area contributed by atoms with Crippen molar-refractivity contribution in [3.05, 3.63) is 90.0 Å². The minimum absolute atomic E-state index is 0. The average Bonchev–Trinajstić information content (AvgIpc) is 2.85. The van der Waals surface area contributed by atoms with Gasteiger partial charge in [-0.3, -0.25) is 4.90 Å². The van der Waals surface area contributed by atoms with Gasteiger partial charge in [0, 0.05) is 38.3 Å². The van der Waals surface area contributed by atoms with Gasteiger partial charge in [0.1, 0.15) is 0 Å². The van der Waals surface area contributed by atoms with Crippen LogP contribution < -0.4 is 0 Å². The van der Waals surface area contributed by atoms with Gasteiger partial charge in [-0.25, -0.2) is 8.42 Å². The van der Waals surface area contributed by atoms with Gasteiger partial charge in [0.15, 0.2) is 0 Å². The van der Waals surface area contributed by atoms with Crippen LogP contribution in [0.4, 0.5) is 0 Å². The van der Waals surface area contributed by atoms with Crippen LogP contribution in [0.5, 0.6) is 0 Å². The zero-order valence-corrected chi connectivity index (χ0v) is 20.4. The van der Waals surface area contributed by atoms with Gasteiger partial charge in [0.2, 0.25) is 10.0 Å². The Labute approximate surface area is 203 Å². The van der Waals surface area contributed by atoms with E-state index in [-0.39, 0.29) is 12.4 Å². The van der Waals surface area contributed by atoms with Crippen molar-refractivity contribution < 1.29 is 8.42 Å². The molecular formula is C27H31ClN2O2S. The van der Waals surface area contributed by atoms with E-state index >= 15 is 0 Å². The number of benzene rings is 3. The number of nitrogens with zero attached hydrogens (tertiary/aromatic N) is 2. The van der Waals surface area contributed by atoms with Crippen molar-refractivity contribution in [2.45, 2.75) is 30.7 Å². The van der Waals surface area contributed by atoms with E-state index in [0.29, 0.717) is 23.9 Å². The van der Waals surface area contributed by atoms with Crippen molar-refractivity contribution in [3.63, 3.8) is 0 Å². The molecule has 6 heteroatoms. The highest BCUT2D eigenvalue weighted by molar-refractivity contribution is 7.89. The maximum Gasteiger partial charge on any atom is 0.243 e. The molecule has 33 heavy (non-hydrogen) atoms. The predicted octanol–water partition coefficient (Wildman–Crippen LogP) is 5.23. The Hall–Kier alpha value is -2.18. The number of piperidine rings is 1. The van der Waals surface area contributed by atoms with E-state index in [1.165, 1.54) is 11.1 Å². The zero-order valence-electron chi connectivity index (χ0n) is 18.8. The minimum Gasteiger partial charge on any atom is -0.298 e. The Morgan fingerprint density at radius 2 is 1.52 bits per heavy atom. The molecule has 0 aromatic heterocycles. The molecule has 0 radical (unpaired) electrons. The molecule has 0 bridgehead atoms. The lowest BCUT2D eigenvalue weighted by molar-refractivity contribution is 0.167. The largest absolute Gasteiger partial charge is 0.298 e. The fraction of sp³-hybridized carbons (Fsp3) is 0.333. The van der Waals surface area contributed by atoms with E-state index in [1.807, 2.05) is 48.5 Å². The fourth-order valence-corrected chi connectivity index (χ4v) is 6.93. The van der Waals surface area contributed by atoms with Crippen molar-refractivity contribution in [2.75, 3.05) is 26.2 Å². The standard InChI is InChI=1S/C27H30N2O2S.ClH/c30-32(31,27-15-7-6-14-26(27)24-11-2-1-3-12-24)29-17-8-9-22(20-29)19-28-18-16-23-10-4-5-13-25(23)21-28;/h1-7,10-15,22H,8-9,16-21H2;1H. The van der Waals surface area contributed by atoms with Gasteiger partial charge >= 0.3 is 0 Å². The molecule has 3 aromatic rings. The van der Waals surface area contributed by atoms with Crippen LogP contribution >= 0.6 is 12.4 Å². The summed E-state index contributed by atoms with van der Waals surface area (Å²) in [5, 5.41) is 0. The van der Waals surface area contributed by atoms with Gasteiger partial charge in [-0.15, -0.1) is 12.4 Å². The number of rotatable bonds is 5. The summed E-state index contributed by atoms with van der Waals surface area (Å²) in [4.78, 5) is 2.92. The lowest BCUT2D eigenvalue weighted by Gasteiger charge is -2.37. The Balaban J connectivity index is 0.00000259. The van der Waals surface area contributed by atoms with Crippen LogP contribution in [0, 0.1) is 5.92 Å². The van der Waals surface area contributed by atoms with Crippen LogP contribution in [-0.2, 0) is 23.0 Å². The summed E-state index contributed by atoms with van der Waals surface area (Å²) in [6, 6.07) is 25.9. The molecule has 5 rings (SSSR count). The summed E-state index contributed by atoms with van der Waals surface area (Å²) in [5.74, 6) is 0.368. The number of fused-ring (bicyclic) bond motifs is 1. The minimum atomic E-state index is -3.55. The quantitative estimate of drug-likeness (QED) is 0.499. The van der Waals surface area contributed by atoms with Crippen molar-refractivity contribution in [1.82, 2.24) is 9.21 Å². The molecule has 0 aliphatic carbocycles. The van der Waals surface area contributed by atoms with E-state index in [0.717, 1.165) is 50.0 Å². The Kier molecular flexibility index (Phi) is 7.55.